The molecule has 310 valence electrons. The van der Waals surface area contributed by atoms with E-state index in [9.17, 15) is 30.3 Å². The van der Waals surface area contributed by atoms with E-state index in [0.717, 1.165) is 0 Å². The average molecular weight is 769 g/mol. The molecule has 5 N–H and O–H groups in total. The van der Waals surface area contributed by atoms with Gasteiger partial charge in [-0.05, 0) is 101 Å². The third-order valence-corrected chi connectivity index (χ3v) is 13.5. The van der Waals surface area contributed by atoms with Gasteiger partial charge in [-0.15, -0.1) is 0 Å². The first-order valence-corrected chi connectivity index (χ1v) is 20.4. The lowest BCUT2D eigenvalue weighted by molar-refractivity contribution is -0.308. The number of nitrogens with zero attached hydrogens (tertiary/aromatic N) is 2. The number of hydrogen-bond donors (Lipinski definition) is 5. The molecule has 3 rings (SSSR count). The highest BCUT2D eigenvalue weighted by Crippen LogP contribution is 2.42. The number of thioether (sulfide) groups is 1. The van der Waals surface area contributed by atoms with E-state index >= 15 is 0 Å². The van der Waals surface area contributed by atoms with E-state index in [-0.39, 0.29) is 33.8 Å². The van der Waals surface area contributed by atoms with Gasteiger partial charge in [-0.1, -0.05) is 20.8 Å². The van der Waals surface area contributed by atoms with Gasteiger partial charge < -0.3 is 59.0 Å². The van der Waals surface area contributed by atoms with Crippen molar-refractivity contribution in [3.63, 3.8) is 0 Å². The van der Waals surface area contributed by atoms with Crippen molar-refractivity contribution in [2.24, 2.45) is 17.8 Å². The van der Waals surface area contributed by atoms with Crippen LogP contribution in [0.5, 0.6) is 0 Å². The Bertz CT molecular complexity index is 1160. The molecule has 0 aliphatic carbocycles. The first-order valence-electron chi connectivity index (χ1n) is 19.1. The zero-order valence-corrected chi connectivity index (χ0v) is 35.0. The summed E-state index contributed by atoms with van der Waals surface area (Å²) in [6.45, 7) is 18.4. The monoisotopic (exact) mass is 769 g/mol. The topological polar surface area (TPSA) is 171 Å². The van der Waals surface area contributed by atoms with Gasteiger partial charge in [-0.2, -0.15) is 11.8 Å². The first kappa shape index (κ1) is 45.8. The Morgan fingerprint density at radius 3 is 2.15 bits per heavy atom. The van der Waals surface area contributed by atoms with Crippen molar-refractivity contribution < 1.29 is 56.9 Å². The predicted octanol–water partition coefficient (Wildman–Crippen LogP) is 3.11. The highest BCUT2D eigenvalue weighted by atomic mass is 32.2. The summed E-state index contributed by atoms with van der Waals surface area (Å²) in [7, 11) is 5.64. The molecule has 3 saturated heterocycles. The number of likely N-dealkylation sites (N-methyl/N-ethyl adjacent to an activating group) is 2. The minimum Gasteiger partial charge on any atom is -0.459 e. The van der Waals surface area contributed by atoms with E-state index in [1.807, 2.05) is 71.8 Å². The van der Waals surface area contributed by atoms with Crippen molar-refractivity contribution >= 4 is 17.7 Å². The fourth-order valence-corrected chi connectivity index (χ4v) is 9.47. The van der Waals surface area contributed by atoms with Crippen molar-refractivity contribution in [1.82, 2.24) is 9.80 Å². The van der Waals surface area contributed by atoms with Crippen LogP contribution in [0.2, 0.25) is 0 Å². The van der Waals surface area contributed by atoms with Crippen LogP contribution in [0, 0.1) is 17.8 Å². The number of aliphatic hydroxyl groups is 5. The summed E-state index contributed by atoms with van der Waals surface area (Å²) in [6, 6.07) is -0.786. The molecule has 0 saturated carbocycles. The lowest BCUT2D eigenvalue weighted by Gasteiger charge is -2.49. The van der Waals surface area contributed by atoms with Gasteiger partial charge in [0, 0.05) is 38.6 Å². The van der Waals surface area contributed by atoms with Crippen LogP contribution in [-0.4, -0.2) is 165 Å². The SMILES string of the molecule is CC[C@H]1OC(=O)[C@H](C)[C@@H](O[C@H]2C[C@](C)(SC)[C@H](O)[C@H](C)O2)[C@H](C)[C@@H](O[C@@H]2O[C@H](C)C[C@H](N(C)C)[C@H]2O)[C@](C)(O)C[C@@H](C)CN(C)[C@H](C)[C@@H](O)[C@@]1(C)O.[HH].[HH]. The molecular weight excluding hydrogens is 692 g/mol. The highest BCUT2D eigenvalue weighted by Gasteiger charge is 2.52. The number of rotatable bonds is 7. The molecule has 52 heavy (non-hydrogen) atoms. The van der Waals surface area contributed by atoms with Crippen molar-refractivity contribution in [1.29, 1.82) is 0 Å². The number of carbonyl (C=O) groups is 1. The summed E-state index contributed by atoms with van der Waals surface area (Å²) in [5, 5.41) is 58.3. The molecule has 0 radical (unpaired) electrons. The molecule has 3 fully saturated rings. The van der Waals surface area contributed by atoms with Gasteiger partial charge in [0.25, 0.3) is 0 Å². The molecule has 3 aliphatic rings. The largest absolute Gasteiger partial charge is 0.459 e. The summed E-state index contributed by atoms with van der Waals surface area (Å²) >= 11 is 1.51. The third kappa shape index (κ3) is 10.2. The Morgan fingerprint density at radius 2 is 1.60 bits per heavy atom. The van der Waals surface area contributed by atoms with E-state index in [1.54, 1.807) is 27.7 Å². The second-order valence-electron chi connectivity index (χ2n) is 17.2. The Morgan fingerprint density at radius 1 is 0.981 bits per heavy atom. The van der Waals surface area contributed by atoms with Crippen molar-refractivity contribution in [3.8, 4) is 0 Å². The maximum Gasteiger partial charge on any atom is 0.311 e. The summed E-state index contributed by atoms with van der Waals surface area (Å²) in [6.07, 6.45) is -5.50. The number of cyclic esters (lactones) is 1. The molecule has 13 nitrogen and oxygen atoms in total. The van der Waals surface area contributed by atoms with Gasteiger partial charge in [0.2, 0.25) is 0 Å². The van der Waals surface area contributed by atoms with Crippen LogP contribution in [-0.2, 0) is 28.5 Å². The zero-order chi connectivity index (χ0) is 39.7. The molecule has 14 heteroatoms. The van der Waals surface area contributed by atoms with Crippen LogP contribution >= 0.6 is 11.8 Å². The fourth-order valence-electron chi connectivity index (χ4n) is 8.74. The second kappa shape index (κ2) is 18.1. The van der Waals surface area contributed by atoms with Gasteiger partial charge in [0.15, 0.2) is 12.6 Å². The number of ether oxygens (including phenoxy) is 5. The maximum absolute atomic E-state index is 14.2. The van der Waals surface area contributed by atoms with Crippen LogP contribution in [0.4, 0.5) is 0 Å². The predicted molar refractivity (Wildman–Crippen MR) is 205 cm³/mol. The molecule has 3 aliphatic heterocycles. The van der Waals surface area contributed by atoms with Gasteiger partial charge in [0.05, 0.1) is 42.0 Å². The highest BCUT2D eigenvalue weighted by molar-refractivity contribution is 8.00. The van der Waals surface area contributed by atoms with Crippen molar-refractivity contribution in [2.75, 3.05) is 33.9 Å². The van der Waals surface area contributed by atoms with E-state index < -0.39 is 95.1 Å². The minimum absolute atomic E-state index is 0. The summed E-state index contributed by atoms with van der Waals surface area (Å²) in [4.78, 5) is 18.1. The molecule has 0 aromatic carbocycles. The van der Waals surface area contributed by atoms with Crippen molar-refractivity contribution in [2.45, 2.75) is 184 Å². The number of carbonyl (C=O) groups excluding carboxylic acids is 1. The number of esters is 1. The Kier molecular flexibility index (Phi) is 15.9. The molecule has 0 amide bonds. The quantitative estimate of drug-likeness (QED) is 0.240. The molecule has 18 atom stereocenters. The summed E-state index contributed by atoms with van der Waals surface area (Å²) in [5.74, 6) is -2.48. The van der Waals surface area contributed by atoms with Gasteiger partial charge >= 0.3 is 5.97 Å². The van der Waals surface area contributed by atoms with Gasteiger partial charge in [0.1, 0.15) is 23.9 Å². The van der Waals surface area contributed by atoms with E-state index in [0.29, 0.717) is 19.4 Å². The molecule has 0 bridgehead atoms. The number of hydrogen-bond acceptors (Lipinski definition) is 14. The van der Waals surface area contributed by atoms with Crippen LogP contribution in [0.25, 0.3) is 0 Å². The summed E-state index contributed by atoms with van der Waals surface area (Å²) < 4.78 is 31.4. The standard InChI is InChI=1S/C38H72N2O11S.2H2/c1-15-27-38(10,46)31(42)24(6)40(13)19-20(2)17-36(8,45)33(51-35-29(41)26(39(11)12)16-21(3)47-35)22(4)30(23(5)34(44)49-27)50-28-18-37(9,52-14)32(43)25(7)48-28;;/h20-33,35,41-43,45-46H,15-19H2,1-14H3;2*1H/t20-,21-,22+,23-,24-,25+,26+,27-,28+,29-,30+,31-,32-,33-,35+,36-,37+,38+;;/m1../s1. The molecule has 0 aromatic rings. The number of aliphatic hydroxyl groups excluding tert-OH is 3. The van der Waals surface area contributed by atoms with Gasteiger partial charge in [-0.3, -0.25) is 4.79 Å². The van der Waals surface area contributed by atoms with Crippen LogP contribution in [0.3, 0.4) is 0 Å². The fraction of sp³-hybridized carbons (Fsp3) is 0.974. The summed E-state index contributed by atoms with van der Waals surface area (Å²) in [5.41, 5.74) is -3.32. The average Bonchev–Trinajstić information content (AvgIpc) is 3.05. The van der Waals surface area contributed by atoms with E-state index in [2.05, 4.69) is 0 Å². The minimum atomic E-state index is -1.79. The lowest BCUT2D eigenvalue weighted by Crippen LogP contribution is -2.60. The van der Waals surface area contributed by atoms with Crippen molar-refractivity contribution in [3.05, 3.63) is 0 Å². The molecule has 3 heterocycles. The normalized spacial score (nSPS) is 49.6. The van der Waals surface area contributed by atoms with E-state index in [1.165, 1.54) is 18.7 Å². The van der Waals surface area contributed by atoms with Crippen LogP contribution < -0.4 is 0 Å². The van der Waals surface area contributed by atoms with Crippen LogP contribution in [0.15, 0.2) is 0 Å². The lowest BCUT2D eigenvalue weighted by atomic mass is 9.77. The van der Waals surface area contributed by atoms with Crippen LogP contribution in [0.1, 0.15) is 97.8 Å². The maximum atomic E-state index is 14.2. The zero-order valence-electron chi connectivity index (χ0n) is 34.2. The third-order valence-electron chi connectivity index (χ3n) is 12.2. The molecule has 0 spiro atoms. The first-order chi connectivity index (χ1) is 23.9. The molecular formula is C38H76N2O11S. The Balaban J connectivity index is 0.00000729. The van der Waals surface area contributed by atoms with E-state index in [4.69, 9.17) is 23.7 Å². The Hall–Kier alpha value is -0.620. The Labute approximate surface area is 320 Å². The smallest absolute Gasteiger partial charge is 0.311 e. The second-order valence-corrected chi connectivity index (χ2v) is 18.5. The molecule has 0 aromatic heterocycles. The molecule has 0 unspecified atom stereocenters. The van der Waals surface area contributed by atoms with Gasteiger partial charge in [-0.25, -0.2) is 0 Å².